The zero-order valence-electron chi connectivity index (χ0n) is 32.4. The highest BCUT2D eigenvalue weighted by Gasteiger charge is 2.46. The van der Waals surface area contributed by atoms with E-state index in [2.05, 4.69) is 242 Å². The smallest absolute Gasteiger partial charge is 0.0714 e. The van der Waals surface area contributed by atoms with E-state index in [1.54, 1.807) is 0 Å². The summed E-state index contributed by atoms with van der Waals surface area (Å²) < 4.78 is 0. The minimum atomic E-state index is -0.513. The van der Waals surface area contributed by atoms with Gasteiger partial charge in [-0.05, 0) is 104 Å². The van der Waals surface area contributed by atoms with Crippen molar-refractivity contribution in [3.05, 3.63) is 269 Å². The number of fused-ring (bicyclic) bond motifs is 6. The molecule has 2 aliphatic rings. The zero-order valence-corrected chi connectivity index (χ0v) is 32.4. The Labute approximate surface area is 341 Å². The second kappa shape index (κ2) is 13.5. The van der Waals surface area contributed by atoms with E-state index in [9.17, 15) is 0 Å². The number of rotatable bonds is 7. The summed E-state index contributed by atoms with van der Waals surface area (Å²) in [5.74, 6) is 0. The molecule has 274 valence electrons. The van der Waals surface area contributed by atoms with Gasteiger partial charge in [0.15, 0.2) is 0 Å². The van der Waals surface area contributed by atoms with E-state index < -0.39 is 5.41 Å². The first-order chi connectivity index (χ1) is 28.7. The van der Waals surface area contributed by atoms with Crippen LogP contribution in [0.4, 0.5) is 17.1 Å². The van der Waals surface area contributed by atoms with Crippen LogP contribution in [0.2, 0.25) is 0 Å². The fourth-order valence-electron chi connectivity index (χ4n) is 10.2. The van der Waals surface area contributed by atoms with Gasteiger partial charge in [-0.3, -0.25) is 0 Å². The lowest BCUT2D eigenvalue weighted by Gasteiger charge is -2.35. The van der Waals surface area contributed by atoms with Crippen molar-refractivity contribution in [2.45, 2.75) is 17.8 Å². The summed E-state index contributed by atoms with van der Waals surface area (Å²) in [6, 6.07) is 85.2. The fraction of sp³-hybridized carbons (Fsp3) is 0.0526. The van der Waals surface area contributed by atoms with Crippen LogP contribution in [0.1, 0.15) is 45.9 Å². The largest absolute Gasteiger partial charge is 0.310 e. The Morgan fingerprint density at radius 3 is 1.33 bits per heavy atom. The molecule has 0 bridgehead atoms. The predicted molar refractivity (Wildman–Crippen MR) is 241 cm³/mol. The van der Waals surface area contributed by atoms with Gasteiger partial charge < -0.3 is 4.90 Å². The van der Waals surface area contributed by atoms with Crippen molar-refractivity contribution in [3.63, 3.8) is 0 Å². The number of hydrogen-bond donors (Lipinski definition) is 0. The van der Waals surface area contributed by atoms with Crippen LogP contribution < -0.4 is 4.90 Å². The van der Waals surface area contributed by atoms with Crippen LogP contribution >= 0.6 is 0 Å². The molecule has 0 saturated carbocycles. The molecule has 11 rings (SSSR count). The van der Waals surface area contributed by atoms with Crippen molar-refractivity contribution in [1.82, 2.24) is 0 Å². The summed E-state index contributed by atoms with van der Waals surface area (Å²) in [6.45, 7) is 2.40. The summed E-state index contributed by atoms with van der Waals surface area (Å²) in [5, 5.41) is 0. The molecule has 2 aliphatic carbocycles. The molecular weight excluding hydrogens is 699 g/mol. The maximum Gasteiger partial charge on any atom is 0.0714 e. The Kier molecular flexibility index (Phi) is 7.91. The van der Waals surface area contributed by atoms with Crippen molar-refractivity contribution >= 4 is 17.1 Å². The van der Waals surface area contributed by atoms with Crippen LogP contribution in [0, 0.1) is 0 Å². The molecule has 0 amide bonds. The predicted octanol–water partition coefficient (Wildman–Crippen LogP) is 14.5. The molecule has 1 nitrogen and oxygen atoms in total. The summed E-state index contributed by atoms with van der Waals surface area (Å²) in [5.41, 5.74) is 19.1. The summed E-state index contributed by atoms with van der Waals surface area (Å²) in [7, 11) is 0. The molecule has 0 aliphatic heterocycles. The molecule has 58 heavy (non-hydrogen) atoms. The number of benzene rings is 9. The van der Waals surface area contributed by atoms with Crippen LogP contribution in [-0.2, 0) is 10.8 Å². The number of nitrogens with zero attached hydrogens (tertiary/aromatic N) is 1. The minimum absolute atomic E-state index is 0.330. The van der Waals surface area contributed by atoms with Gasteiger partial charge in [0.25, 0.3) is 0 Å². The van der Waals surface area contributed by atoms with Gasteiger partial charge in [0.1, 0.15) is 0 Å². The third-order valence-corrected chi connectivity index (χ3v) is 12.8. The molecule has 0 aromatic heterocycles. The van der Waals surface area contributed by atoms with Gasteiger partial charge in [-0.25, -0.2) is 0 Å². The van der Waals surface area contributed by atoms with Crippen molar-refractivity contribution in [2.24, 2.45) is 0 Å². The van der Waals surface area contributed by atoms with Gasteiger partial charge in [-0.2, -0.15) is 0 Å². The van der Waals surface area contributed by atoms with Gasteiger partial charge in [-0.1, -0.05) is 200 Å². The first kappa shape index (κ1) is 34.1. The second-order valence-corrected chi connectivity index (χ2v) is 15.7. The molecule has 0 fully saturated rings. The molecule has 0 radical (unpaired) electrons. The maximum absolute atomic E-state index is 2.50. The third-order valence-electron chi connectivity index (χ3n) is 12.8. The van der Waals surface area contributed by atoms with Crippen molar-refractivity contribution < 1.29 is 0 Å². The van der Waals surface area contributed by atoms with Crippen molar-refractivity contribution in [1.29, 1.82) is 0 Å². The highest BCUT2D eigenvalue weighted by Crippen LogP contribution is 2.58. The van der Waals surface area contributed by atoms with Crippen LogP contribution in [-0.4, -0.2) is 0 Å². The number of anilines is 3. The van der Waals surface area contributed by atoms with Gasteiger partial charge in [0.2, 0.25) is 0 Å². The Morgan fingerprint density at radius 1 is 0.310 bits per heavy atom. The molecule has 0 spiro atoms. The first-order valence-electron chi connectivity index (χ1n) is 20.3. The molecule has 1 atom stereocenters. The Morgan fingerprint density at radius 2 is 0.724 bits per heavy atom. The van der Waals surface area contributed by atoms with Gasteiger partial charge in [0, 0.05) is 22.4 Å². The van der Waals surface area contributed by atoms with Gasteiger partial charge in [0.05, 0.1) is 11.1 Å². The van der Waals surface area contributed by atoms with Crippen LogP contribution in [0.3, 0.4) is 0 Å². The van der Waals surface area contributed by atoms with E-state index in [-0.39, 0.29) is 5.41 Å². The van der Waals surface area contributed by atoms with E-state index in [0.29, 0.717) is 0 Å². The summed E-state index contributed by atoms with van der Waals surface area (Å²) >= 11 is 0. The Bertz CT molecular complexity index is 2910. The second-order valence-electron chi connectivity index (χ2n) is 15.7. The van der Waals surface area contributed by atoms with Crippen LogP contribution in [0.15, 0.2) is 231 Å². The molecule has 9 aromatic rings. The van der Waals surface area contributed by atoms with Crippen LogP contribution in [0.25, 0.3) is 33.4 Å². The quantitative estimate of drug-likeness (QED) is 0.157. The zero-order chi connectivity index (χ0) is 38.7. The average molecular weight is 740 g/mol. The first-order valence-corrected chi connectivity index (χ1v) is 20.3. The number of para-hydroxylation sites is 1. The van der Waals surface area contributed by atoms with Gasteiger partial charge in [-0.15, -0.1) is 0 Å². The summed E-state index contributed by atoms with van der Waals surface area (Å²) in [4.78, 5) is 2.50. The Balaban J connectivity index is 1.20. The van der Waals surface area contributed by atoms with Crippen LogP contribution in [0.5, 0.6) is 0 Å². The minimum Gasteiger partial charge on any atom is -0.310 e. The topological polar surface area (TPSA) is 3.24 Å². The van der Waals surface area contributed by atoms with Crippen molar-refractivity contribution in [2.75, 3.05) is 4.90 Å². The average Bonchev–Trinajstić information content (AvgIpc) is 3.74. The van der Waals surface area contributed by atoms with Gasteiger partial charge >= 0.3 is 0 Å². The maximum atomic E-state index is 2.50. The molecule has 0 N–H and O–H groups in total. The SMILES string of the molecule is CC1(c2ccccc2)c2ccccc2-c2ccc(N(c3ccc4c(c3)C(c3ccccc3)(c3ccccc3)c3ccccc3-4)c3ccccc3-c3ccccc3)cc21. The standard InChI is InChI=1S/C57H41N/c1-56(41-22-8-3-9-23-41)51-31-17-14-29-47(51)49-36-34-44(38-53(49)56)58(55-33-19-16-28-46(55)40-20-6-2-7-21-40)45-35-37-50-48-30-15-18-32-52(48)57(54(50)39-45,42-24-10-4-11-25-42)43-26-12-5-13-27-43/h2-39H,1H3. The third kappa shape index (κ3) is 4.96. The molecule has 1 heteroatoms. The monoisotopic (exact) mass is 739 g/mol. The lowest BCUT2D eigenvalue weighted by Crippen LogP contribution is -2.28. The molecule has 0 saturated heterocycles. The lowest BCUT2D eigenvalue weighted by molar-refractivity contribution is 0.714. The van der Waals surface area contributed by atoms with E-state index in [0.717, 1.165) is 17.1 Å². The molecule has 0 heterocycles. The molecular formula is C57H41N. The number of hydrogen-bond acceptors (Lipinski definition) is 1. The molecule has 9 aromatic carbocycles. The van der Waals surface area contributed by atoms with E-state index in [1.165, 1.54) is 72.3 Å². The van der Waals surface area contributed by atoms with E-state index in [1.807, 2.05) is 0 Å². The summed E-state index contributed by atoms with van der Waals surface area (Å²) in [6.07, 6.45) is 0. The van der Waals surface area contributed by atoms with E-state index >= 15 is 0 Å². The fourth-order valence-corrected chi connectivity index (χ4v) is 10.2. The molecule has 1 unspecified atom stereocenters. The van der Waals surface area contributed by atoms with E-state index in [4.69, 9.17) is 0 Å². The highest BCUT2D eigenvalue weighted by atomic mass is 15.1. The normalized spacial score (nSPS) is 15.5. The Hall–Kier alpha value is -7.22. The van der Waals surface area contributed by atoms with Crippen molar-refractivity contribution in [3.8, 4) is 33.4 Å². The lowest BCUT2D eigenvalue weighted by atomic mass is 9.67. The highest BCUT2D eigenvalue weighted by molar-refractivity contribution is 5.94.